The lowest BCUT2D eigenvalue weighted by molar-refractivity contribution is 0.0902. The smallest absolute Gasteiger partial charge is 0.177 e. The van der Waals surface area contributed by atoms with Crippen LogP contribution in [0.3, 0.4) is 0 Å². The minimum atomic E-state index is 0.213. The van der Waals surface area contributed by atoms with E-state index in [4.69, 9.17) is 4.74 Å². The molecule has 0 aliphatic rings. The van der Waals surface area contributed by atoms with Crippen LogP contribution < -0.4 is 0 Å². The standard InChI is InChI=1S/C13H21NO2S/c1-5-14(6-7-16-4)9-13(15)12-8-10(2)17-11(12)3/h8H,5-7,9H2,1-4H3. The van der Waals surface area contributed by atoms with E-state index < -0.39 is 0 Å². The molecule has 0 spiro atoms. The largest absolute Gasteiger partial charge is 0.383 e. The zero-order valence-electron chi connectivity index (χ0n) is 11.1. The van der Waals surface area contributed by atoms with Crippen molar-refractivity contribution >= 4 is 17.1 Å². The van der Waals surface area contributed by atoms with Gasteiger partial charge in [-0.05, 0) is 26.5 Å². The number of aryl methyl sites for hydroxylation is 2. The molecular weight excluding hydrogens is 234 g/mol. The Morgan fingerprint density at radius 3 is 2.65 bits per heavy atom. The maximum Gasteiger partial charge on any atom is 0.177 e. The fraction of sp³-hybridized carbons (Fsp3) is 0.615. The number of nitrogens with zero attached hydrogens (tertiary/aromatic N) is 1. The van der Waals surface area contributed by atoms with E-state index in [1.54, 1.807) is 18.4 Å². The van der Waals surface area contributed by atoms with Crippen LogP contribution in [0.25, 0.3) is 0 Å². The molecule has 1 rings (SSSR count). The summed E-state index contributed by atoms with van der Waals surface area (Å²) in [6.07, 6.45) is 0. The molecule has 0 aromatic carbocycles. The van der Waals surface area contributed by atoms with Gasteiger partial charge >= 0.3 is 0 Å². The molecule has 0 aliphatic carbocycles. The molecule has 3 nitrogen and oxygen atoms in total. The van der Waals surface area contributed by atoms with Gasteiger partial charge in [-0.2, -0.15) is 0 Å². The van der Waals surface area contributed by atoms with Crippen LogP contribution in [0.1, 0.15) is 27.0 Å². The zero-order valence-corrected chi connectivity index (χ0v) is 11.9. The van der Waals surface area contributed by atoms with Crippen LogP contribution in [-0.2, 0) is 4.74 Å². The summed E-state index contributed by atoms with van der Waals surface area (Å²) in [5.41, 5.74) is 0.878. The van der Waals surface area contributed by atoms with Crippen LogP contribution in [0.4, 0.5) is 0 Å². The first-order valence-corrected chi connectivity index (χ1v) is 6.71. The van der Waals surface area contributed by atoms with Crippen molar-refractivity contribution in [3.63, 3.8) is 0 Å². The average molecular weight is 255 g/mol. The normalized spacial score (nSPS) is 11.1. The van der Waals surface area contributed by atoms with Crippen LogP contribution in [-0.4, -0.2) is 44.0 Å². The number of methoxy groups -OCH3 is 1. The summed E-state index contributed by atoms with van der Waals surface area (Å²) in [6, 6.07) is 1.99. The molecule has 0 N–H and O–H groups in total. The highest BCUT2D eigenvalue weighted by molar-refractivity contribution is 7.12. The number of carbonyl (C=O) groups excluding carboxylic acids is 1. The molecular formula is C13H21NO2S. The number of rotatable bonds is 7. The van der Waals surface area contributed by atoms with E-state index in [9.17, 15) is 4.79 Å². The highest BCUT2D eigenvalue weighted by Gasteiger charge is 2.14. The number of likely N-dealkylation sites (N-methyl/N-ethyl adjacent to an activating group) is 1. The fourth-order valence-electron chi connectivity index (χ4n) is 1.77. The fourth-order valence-corrected chi connectivity index (χ4v) is 2.71. The van der Waals surface area contributed by atoms with E-state index in [1.807, 2.05) is 19.9 Å². The molecule has 0 atom stereocenters. The molecule has 0 bridgehead atoms. The molecule has 4 heteroatoms. The summed E-state index contributed by atoms with van der Waals surface area (Å²) in [5.74, 6) is 0.213. The Hall–Kier alpha value is -0.710. The van der Waals surface area contributed by atoms with Gasteiger partial charge in [0.05, 0.1) is 13.2 Å². The van der Waals surface area contributed by atoms with Gasteiger partial charge in [-0.15, -0.1) is 11.3 Å². The third kappa shape index (κ3) is 4.22. The summed E-state index contributed by atoms with van der Waals surface area (Å²) < 4.78 is 5.04. The molecule has 96 valence electrons. The van der Waals surface area contributed by atoms with Crippen molar-refractivity contribution < 1.29 is 9.53 Å². The molecule has 0 radical (unpaired) electrons. The SMILES string of the molecule is CCN(CCOC)CC(=O)c1cc(C)sc1C. The highest BCUT2D eigenvalue weighted by atomic mass is 32.1. The van der Waals surface area contributed by atoms with Crippen molar-refractivity contribution in [3.05, 3.63) is 21.4 Å². The number of thiophene rings is 1. The number of Topliss-reactive ketones (excluding diaryl/α,β-unsaturated/α-hetero) is 1. The third-order valence-corrected chi connectivity index (χ3v) is 3.73. The van der Waals surface area contributed by atoms with E-state index in [-0.39, 0.29) is 5.78 Å². The van der Waals surface area contributed by atoms with Gasteiger partial charge < -0.3 is 4.74 Å². The Balaban J connectivity index is 2.61. The number of ether oxygens (including phenoxy) is 1. The summed E-state index contributed by atoms with van der Waals surface area (Å²) in [5, 5.41) is 0. The van der Waals surface area contributed by atoms with Gasteiger partial charge in [0.1, 0.15) is 0 Å². The predicted octanol–water partition coefficient (Wildman–Crippen LogP) is 2.52. The van der Waals surface area contributed by atoms with Crippen LogP contribution in [0.15, 0.2) is 6.07 Å². The van der Waals surface area contributed by atoms with Gasteiger partial charge in [-0.25, -0.2) is 0 Å². The molecule has 17 heavy (non-hydrogen) atoms. The maximum absolute atomic E-state index is 12.1. The number of hydrogen-bond acceptors (Lipinski definition) is 4. The van der Waals surface area contributed by atoms with Gasteiger partial charge in [-0.1, -0.05) is 6.92 Å². The van der Waals surface area contributed by atoms with Crippen LogP contribution >= 0.6 is 11.3 Å². The van der Waals surface area contributed by atoms with E-state index in [1.165, 1.54) is 4.88 Å². The van der Waals surface area contributed by atoms with Gasteiger partial charge in [0.25, 0.3) is 0 Å². The molecule has 1 heterocycles. The van der Waals surface area contributed by atoms with Crippen LogP contribution in [0.5, 0.6) is 0 Å². The Labute approximate surface area is 107 Å². The summed E-state index contributed by atoms with van der Waals surface area (Å²) in [6.45, 7) is 8.94. The predicted molar refractivity (Wildman–Crippen MR) is 72.1 cm³/mol. The lowest BCUT2D eigenvalue weighted by Crippen LogP contribution is -2.32. The highest BCUT2D eigenvalue weighted by Crippen LogP contribution is 2.21. The van der Waals surface area contributed by atoms with Crippen molar-refractivity contribution in [2.75, 3.05) is 33.4 Å². The molecule has 0 amide bonds. The van der Waals surface area contributed by atoms with E-state index in [0.29, 0.717) is 13.2 Å². The quantitative estimate of drug-likeness (QED) is 0.701. The van der Waals surface area contributed by atoms with E-state index >= 15 is 0 Å². The van der Waals surface area contributed by atoms with Gasteiger partial charge in [0.15, 0.2) is 5.78 Å². The van der Waals surface area contributed by atoms with Gasteiger partial charge in [0, 0.05) is 29.0 Å². The summed E-state index contributed by atoms with van der Waals surface area (Å²) in [4.78, 5) is 16.6. The second-order valence-electron chi connectivity index (χ2n) is 4.11. The second-order valence-corrected chi connectivity index (χ2v) is 5.57. The van der Waals surface area contributed by atoms with Crippen molar-refractivity contribution in [1.29, 1.82) is 0 Å². The third-order valence-electron chi connectivity index (χ3n) is 2.77. The van der Waals surface area contributed by atoms with E-state index in [0.717, 1.165) is 23.5 Å². The molecule has 0 fully saturated rings. The molecule has 1 aromatic heterocycles. The Morgan fingerprint density at radius 1 is 1.47 bits per heavy atom. The Bertz CT molecular complexity index is 373. The first-order chi connectivity index (χ1) is 8.08. The Morgan fingerprint density at radius 2 is 2.18 bits per heavy atom. The van der Waals surface area contributed by atoms with Crippen molar-refractivity contribution in [1.82, 2.24) is 4.90 Å². The number of carbonyl (C=O) groups is 1. The van der Waals surface area contributed by atoms with Crippen LogP contribution in [0.2, 0.25) is 0 Å². The first kappa shape index (κ1) is 14.4. The second kappa shape index (κ2) is 6.89. The Kier molecular flexibility index (Phi) is 5.82. The number of ketones is 1. The van der Waals surface area contributed by atoms with Crippen molar-refractivity contribution in [3.8, 4) is 0 Å². The molecule has 0 saturated carbocycles. The lowest BCUT2D eigenvalue weighted by Gasteiger charge is -2.18. The summed E-state index contributed by atoms with van der Waals surface area (Å²) in [7, 11) is 1.68. The zero-order chi connectivity index (χ0) is 12.8. The molecule has 0 unspecified atom stereocenters. The van der Waals surface area contributed by atoms with Crippen molar-refractivity contribution in [2.45, 2.75) is 20.8 Å². The van der Waals surface area contributed by atoms with E-state index in [2.05, 4.69) is 11.8 Å². The van der Waals surface area contributed by atoms with Crippen molar-refractivity contribution in [2.24, 2.45) is 0 Å². The number of hydrogen-bond donors (Lipinski definition) is 0. The first-order valence-electron chi connectivity index (χ1n) is 5.90. The van der Waals surface area contributed by atoms with Crippen LogP contribution in [0, 0.1) is 13.8 Å². The lowest BCUT2D eigenvalue weighted by atomic mass is 10.1. The topological polar surface area (TPSA) is 29.5 Å². The molecule has 1 aromatic rings. The molecule has 0 saturated heterocycles. The minimum absolute atomic E-state index is 0.213. The molecule has 0 aliphatic heterocycles. The summed E-state index contributed by atoms with van der Waals surface area (Å²) >= 11 is 1.69. The van der Waals surface area contributed by atoms with Gasteiger partial charge in [0.2, 0.25) is 0 Å². The maximum atomic E-state index is 12.1. The average Bonchev–Trinajstić information content (AvgIpc) is 2.63. The monoisotopic (exact) mass is 255 g/mol. The minimum Gasteiger partial charge on any atom is -0.383 e. The van der Waals surface area contributed by atoms with Gasteiger partial charge in [-0.3, -0.25) is 9.69 Å².